The van der Waals surface area contributed by atoms with Crippen molar-refractivity contribution in [3.05, 3.63) is 72.1 Å². The number of ether oxygens (including phenoxy) is 1. The van der Waals surface area contributed by atoms with Gasteiger partial charge in [0.2, 0.25) is 11.6 Å². The van der Waals surface area contributed by atoms with Crippen molar-refractivity contribution >= 4 is 41.6 Å². The fourth-order valence-electron chi connectivity index (χ4n) is 5.83. The van der Waals surface area contributed by atoms with Crippen LogP contribution in [0.4, 0.5) is 26.9 Å². The van der Waals surface area contributed by atoms with E-state index >= 15 is 0 Å². The Kier molecular flexibility index (Phi) is 9.03. The number of nitrogens with one attached hydrogen (secondary N) is 3. The van der Waals surface area contributed by atoms with Crippen LogP contribution in [0.25, 0.3) is 0 Å². The van der Waals surface area contributed by atoms with Gasteiger partial charge in [-0.2, -0.15) is 0 Å². The fraction of sp³-hybridized carbons (Fsp3) is 0.424. The molecule has 0 bridgehead atoms. The van der Waals surface area contributed by atoms with Gasteiger partial charge in [0.25, 0.3) is 5.91 Å². The number of anilines is 3. The normalized spacial score (nSPS) is 19.0. The van der Waals surface area contributed by atoms with E-state index in [1.807, 2.05) is 42.5 Å². The maximum atomic E-state index is 14.2. The predicted octanol–water partition coefficient (Wildman–Crippen LogP) is 6.16. The van der Waals surface area contributed by atoms with E-state index in [0.717, 1.165) is 55.3 Å². The third-order valence-corrected chi connectivity index (χ3v) is 7.95. The second-order valence-corrected chi connectivity index (χ2v) is 12.4. The lowest BCUT2D eigenvalue weighted by molar-refractivity contribution is -0.126. The van der Waals surface area contributed by atoms with Crippen molar-refractivity contribution in [1.29, 1.82) is 0 Å². The molecule has 1 fully saturated rings. The van der Waals surface area contributed by atoms with Crippen molar-refractivity contribution in [1.82, 2.24) is 14.9 Å². The van der Waals surface area contributed by atoms with E-state index in [0.29, 0.717) is 18.2 Å². The molecule has 3 N–H and O–H groups in total. The van der Waals surface area contributed by atoms with Gasteiger partial charge in [0, 0.05) is 49.4 Å². The summed E-state index contributed by atoms with van der Waals surface area (Å²) in [6, 6.07) is 14.4. The number of amides is 3. The van der Waals surface area contributed by atoms with E-state index < -0.39 is 23.4 Å². The van der Waals surface area contributed by atoms with Gasteiger partial charge in [0.1, 0.15) is 5.60 Å². The lowest BCUT2D eigenvalue weighted by atomic mass is 9.85. The van der Waals surface area contributed by atoms with Crippen LogP contribution in [0, 0.1) is 5.92 Å². The molecule has 2 heterocycles. The Morgan fingerprint density at radius 3 is 2.55 bits per heavy atom. The third-order valence-electron chi connectivity index (χ3n) is 7.95. The Bertz CT molecular complexity index is 1530. The molecule has 0 spiro atoms. The number of benzene rings is 2. The minimum Gasteiger partial charge on any atom is -0.443 e. The Hall–Kier alpha value is -4.67. The minimum atomic E-state index is -1.43. The summed E-state index contributed by atoms with van der Waals surface area (Å²) in [4.78, 5) is 51.0. The van der Waals surface area contributed by atoms with Gasteiger partial charge in [-0.05, 0) is 57.4 Å². The van der Waals surface area contributed by atoms with Crippen LogP contribution in [-0.4, -0.2) is 52.1 Å². The van der Waals surface area contributed by atoms with Gasteiger partial charge < -0.3 is 25.6 Å². The molecule has 44 heavy (non-hydrogen) atoms. The molecule has 3 amide bonds. The van der Waals surface area contributed by atoms with Crippen molar-refractivity contribution in [2.24, 2.45) is 10.9 Å². The van der Waals surface area contributed by atoms with Crippen molar-refractivity contribution in [3.63, 3.8) is 0 Å². The molecule has 1 unspecified atom stereocenters. The largest absolute Gasteiger partial charge is 0.443 e. The third kappa shape index (κ3) is 6.93. The van der Waals surface area contributed by atoms with Crippen molar-refractivity contribution in [3.8, 4) is 0 Å². The van der Waals surface area contributed by atoms with Crippen LogP contribution in [0.2, 0.25) is 0 Å². The molecule has 11 heteroatoms. The summed E-state index contributed by atoms with van der Waals surface area (Å²) in [7, 11) is 1.74. The SMILES string of the molecule is CN1C(=O)C(NC(=O)Nc2cccc(CNc3nccn3C(=O)OC(C)(C)C)c2)(C2CCCCCC2)N=Cc2ccccc21. The van der Waals surface area contributed by atoms with Gasteiger partial charge >= 0.3 is 12.1 Å². The number of carbonyl (C=O) groups excluding carboxylic acids is 3. The molecule has 1 aromatic heterocycles. The highest BCUT2D eigenvalue weighted by molar-refractivity contribution is 6.09. The van der Waals surface area contributed by atoms with Crippen LogP contribution in [-0.2, 0) is 16.1 Å². The number of para-hydroxylation sites is 1. The quantitative estimate of drug-likeness (QED) is 0.291. The molecule has 1 atom stereocenters. The van der Waals surface area contributed by atoms with E-state index in [2.05, 4.69) is 20.9 Å². The molecular weight excluding hydrogens is 558 g/mol. The number of fused-ring (bicyclic) bond motifs is 1. The van der Waals surface area contributed by atoms with Gasteiger partial charge in [0.15, 0.2) is 0 Å². The van der Waals surface area contributed by atoms with Crippen molar-refractivity contribution in [2.75, 3.05) is 22.6 Å². The molecule has 0 saturated heterocycles. The maximum absolute atomic E-state index is 14.2. The Balaban J connectivity index is 1.32. The fourth-order valence-corrected chi connectivity index (χ4v) is 5.83. The first-order chi connectivity index (χ1) is 21.1. The summed E-state index contributed by atoms with van der Waals surface area (Å²) >= 11 is 0. The molecule has 5 rings (SSSR count). The minimum absolute atomic E-state index is 0.138. The standard InChI is InChI=1S/C33H41N7O4/c1-32(2,3)44-31(43)40-19-18-34-29(40)35-21-23-12-11-16-26(20-23)37-30(42)38-33(25-14-7-5-6-8-15-25)28(41)39(4)27-17-10-9-13-24(27)22-36-33/h9-13,16-20,22,25H,5-8,14-15,21H2,1-4H3,(H,34,35)(H2,37,38,42). The highest BCUT2D eigenvalue weighted by atomic mass is 16.6. The maximum Gasteiger partial charge on any atom is 0.421 e. The Labute approximate surface area is 258 Å². The second-order valence-electron chi connectivity index (χ2n) is 12.4. The monoisotopic (exact) mass is 599 g/mol. The first-order valence-electron chi connectivity index (χ1n) is 15.2. The predicted molar refractivity (Wildman–Crippen MR) is 171 cm³/mol. The topological polar surface area (TPSA) is 130 Å². The lowest BCUT2D eigenvalue weighted by Crippen LogP contribution is -2.62. The summed E-state index contributed by atoms with van der Waals surface area (Å²) in [5.41, 5.74) is 0.911. The van der Waals surface area contributed by atoms with E-state index in [1.165, 1.54) is 17.0 Å². The number of hydrogen-bond donors (Lipinski definition) is 3. The zero-order valence-electron chi connectivity index (χ0n) is 25.8. The van der Waals surface area contributed by atoms with Crippen LogP contribution in [0.1, 0.15) is 70.4 Å². The van der Waals surface area contributed by atoms with Gasteiger partial charge in [-0.25, -0.2) is 19.1 Å². The van der Waals surface area contributed by atoms with Crippen molar-refractivity contribution in [2.45, 2.75) is 77.1 Å². The number of imidazole rings is 1. The molecule has 0 radical (unpaired) electrons. The first kappa shape index (κ1) is 30.8. The number of rotatable bonds is 6. The van der Waals surface area contributed by atoms with Gasteiger partial charge in [-0.3, -0.25) is 9.79 Å². The van der Waals surface area contributed by atoms with E-state index in [1.54, 1.807) is 45.0 Å². The summed E-state index contributed by atoms with van der Waals surface area (Å²) < 4.78 is 6.76. The molecule has 1 aliphatic heterocycles. The smallest absolute Gasteiger partial charge is 0.421 e. The average Bonchev–Trinajstić information content (AvgIpc) is 3.24. The second kappa shape index (κ2) is 12.9. The van der Waals surface area contributed by atoms with Crippen LogP contribution in [0.3, 0.4) is 0 Å². The van der Waals surface area contributed by atoms with Crippen LogP contribution >= 0.6 is 0 Å². The number of benzodiazepines with no additional fused rings is 1. The molecule has 1 saturated carbocycles. The van der Waals surface area contributed by atoms with Crippen LogP contribution < -0.4 is 20.9 Å². The van der Waals surface area contributed by atoms with Gasteiger partial charge in [-0.15, -0.1) is 0 Å². The molecule has 232 valence electrons. The summed E-state index contributed by atoms with van der Waals surface area (Å²) in [6.45, 7) is 5.75. The number of nitrogens with zero attached hydrogens (tertiary/aromatic N) is 4. The zero-order valence-corrected chi connectivity index (χ0v) is 25.8. The van der Waals surface area contributed by atoms with Crippen LogP contribution in [0.15, 0.2) is 65.9 Å². The number of aromatic nitrogens is 2. The lowest BCUT2D eigenvalue weighted by Gasteiger charge is -2.38. The molecule has 2 aliphatic rings. The van der Waals surface area contributed by atoms with Gasteiger partial charge in [-0.1, -0.05) is 56.0 Å². The molecule has 2 aromatic carbocycles. The number of likely N-dealkylation sites (N-methyl/N-ethyl adjacent to an activating group) is 1. The van der Waals surface area contributed by atoms with E-state index in [9.17, 15) is 14.4 Å². The summed E-state index contributed by atoms with van der Waals surface area (Å²) in [5, 5.41) is 9.10. The Morgan fingerprint density at radius 1 is 1.05 bits per heavy atom. The van der Waals surface area contributed by atoms with Crippen LogP contribution in [0.5, 0.6) is 0 Å². The summed E-state index contributed by atoms with van der Waals surface area (Å²) in [6.07, 6.45) is 10.0. The molecule has 1 aliphatic carbocycles. The number of urea groups is 1. The Morgan fingerprint density at radius 2 is 1.80 bits per heavy atom. The highest BCUT2D eigenvalue weighted by Crippen LogP contribution is 2.37. The van der Waals surface area contributed by atoms with E-state index in [4.69, 9.17) is 9.73 Å². The number of aliphatic imine (C=N–C) groups is 1. The summed E-state index contributed by atoms with van der Waals surface area (Å²) in [5.74, 6) is -0.0461. The zero-order chi connectivity index (χ0) is 31.3. The highest BCUT2D eigenvalue weighted by Gasteiger charge is 2.49. The average molecular weight is 600 g/mol. The molecule has 11 nitrogen and oxygen atoms in total. The van der Waals surface area contributed by atoms with Gasteiger partial charge in [0.05, 0.1) is 5.69 Å². The molecule has 3 aromatic rings. The molecular formula is C33H41N7O4. The number of hydrogen-bond acceptors (Lipinski definition) is 7. The van der Waals surface area contributed by atoms with Crippen molar-refractivity contribution < 1.29 is 19.1 Å². The van der Waals surface area contributed by atoms with E-state index in [-0.39, 0.29) is 11.8 Å². The first-order valence-corrected chi connectivity index (χ1v) is 15.2. The number of carbonyl (C=O) groups is 3.